The summed E-state index contributed by atoms with van der Waals surface area (Å²) in [6.45, 7) is 6.34. The average molecular weight is 232 g/mol. The summed E-state index contributed by atoms with van der Waals surface area (Å²) in [6.07, 6.45) is 1.27. The number of nitrogens with two attached hydrogens (primary N) is 1. The quantitative estimate of drug-likeness (QED) is 0.625. The Morgan fingerprint density at radius 1 is 1.35 bits per heavy atom. The first-order chi connectivity index (χ1) is 7.99. The highest BCUT2D eigenvalue weighted by molar-refractivity contribution is 5.76. The molecule has 0 atom stereocenters. The van der Waals surface area contributed by atoms with E-state index in [1.54, 1.807) is 11.9 Å². The molecule has 1 aromatic rings. The van der Waals surface area contributed by atoms with Gasteiger partial charge in [0.2, 0.25) is 5.91 Å². The maximum Gasteiger partial charge on any atom is 0.222 e. The molecule has 0 unspecified atom stereocenters. The summed E-state index contributed by atoms with van der Waals surface area (Å²) >= 11 is 0. The van der Waals surface area contributed by atoms with Crippen LogP contribution in [0.25, 0.3) is 0 Å². The fraction of sp³-hybridized carbons (Fsp3) is 0.357. The highest BCUT2D eigenvalue weighted by Crippen LogP contribution is 2.08. The van der Waals surface area contributed by atoms with Gasteiger partial charge in [-0.25, -0.2) is 0 Å². The van der Waals surface area contributed by atoms with Crippen LogP contribution in [0.3, 0.4) is 0 Å². The molecule has 0 aliphatic heterocycles. The van der Waals surface area contributed by atoms with Gasteiger partial charge in [-0.05, 0) is 31.0 Å². The van der Waals surface area contributed by atoms with E-state index in [0.29, 0.717) is 13.0 Å². The monoisotopic (exact) mass is 232 g/mol. The van der Waals surface area contributed by atoms with Crippen LogP contribution in [0.1, 0.15) is 18.9 Å². The Bertz CT molecular complexity index is 395. The maximum absolute atomic E-state index is 11.8. The molecule has 0 fully saturated rings. The van der Waals surface area contributed by atoms with Crippen LogP contribution in [-0.4, -0.2) is 24.4 Å². The molecule has 1 amide bonds. The molecule has 17 heavy (non-hydrogen) atoms. The van der Waals surface area contributed by atoms with Gasteiger partial charge in [0.1, 0.15) is 0 Å². The molecule has 0 heterocycles. The first-order valence-electron chi connectivity index (χ1n) is 5.72. The lowest BCUT2D eigenvalue weighted by atomic mass is 10.1. The van der Waals surface area contributed by atoms with E-state index < -0.39 is 0 Å². The van der Waals surface area contributed by atoms with Gasteiger partial charge in [-0.3, -0.25) is 4.79 Å². The van der Waals surface area contributed by atoms with Gasteiger partial charge in [-0.2, -0.15) is 0 Å². The van der Waals surface area contributed by atoms with E-state index >= 15 is 0 Å². The van der Waals surface area contributed by atoms with Gasteiger partial charge in [0.15, 0.2) is 0 Å². The van der Waals surface area contributed by atoms with Crippen LogP contribution in [0.2, 0.25) is 0 Å². The SMILES string of the molecule is C=C(C)CN(C)C(=O)CCc1ccc(N)cc1. The number of amides is 1. The minimum absolute atomic E-state index is 0.143. The molecule has 0 bridgehead atoms. The Morgan fingerprint density at radius 3 is 2.47 bits per heavy atom. The second-order valence-electron chi connectivity index (χ2n) is 4.45. The molecule has 0 radical (unpaired) electrons. The number of carbonyl (C=O) groups excluding carboxylic acids is 1. The van der Waals surface area contributed by atoms with Gasteiger partial charge < -0.3 is 10.6 Å². The Morgan fingerprint density at radius 2 is 1.94 bits per heavy atom. The van der Waals surface area contributed by atoms with Crippen molar-refractivity contribution in [1.29, 1.82) is 0 Å². The molecule has 3 nitrogen and oxygen atoms in total. The third-order valence-corrected chi connectivity index (χ3v) is 2.54. The van der Waals surface area contributed by atoms with E-state index in [-0.39, 0.29) is 5.91 Å². The molecule has 0 saturated carbocycles. The third-order valence-electron chi connectivity index (χ3n) is 2.54. The van der Waals surface area contributed by atoms with Crippen molar-refractivity contribution in [2.75, 3.05) is 19.3 Å². The van der Waals surface area contributed by atoms with Crippen molar-refractivity contribution in [2.24, 2.45) is 0 Å². The third kappa shape index (κ3) is 4.72. The number of carbonyl (C=O) groups is 1. The average Bonchev–Trinajstić information content (AvgIpc) is 2.27. The van der Waals surface area contributed by atoms with E-state index in [4.69, 9.17) is 5.73 Å². The van der Waals surface area contributed by atoms with Gasteiger partial charge in [0.05, 0.1) is 0 Å². The van der Waals surface area contributed by atoms with Crippen molar-refractivity contribution in [3.05, 3.63) is 42.0 Å². The van der Waals surface area contributed by atoms with E-state index in [9.17, 15) is 4.79 Å². The molecular weight excluding hydrogens is 212 g/mol. The Labute approximate surface area is 103 Å². The van der Waals surface area contributed by atoms with Crippen LogP contribution in [0.15, 0.2) is 36.4 Å². The van der Waals surface area contributed by atoms with Gasteiger partial charge in [0.25, 0.3) is 0 Å². The van der Waals surface area contributed by atoms with Crippen molar-refractivity contribution in [3.63, 3.8) is 0 Å². The summed E-state index contributed by atoms with van der Waals surface area (Å²) in [6, 6.07) is 7.64. The maximum atomic E-state index is 11.8. The standard InChI is InChI=1S/C14H20N2O/c1-11(2)10-16(3)14(17)9-6-12-4-7-13(15)8-5-12/h4-5,7-8H,1,6,9-10,15H2,2-3H3. The number of benzene rings is 1. The Kier molecular flexibility index (Phi) is 4.76. The number of anilines is 1. The fourth-order valence-electron chi connectivity index (χ4n) is 1.62. The topological polar surface area (TPSA) is 46.3 Å². The lowest BCUT2D eigenvalue weighted by molar-refractivity contribution is -0.129. The number of aryl methyl sites for hydroxylation is 1. The predicted molar refractivity (Wildman–Crippen MR) is 71.6 cm³/mol. The number of hydrogen-bond donors (Lipinski definition) is 1. The number of likely N-dealkylation sites (N-methyl/N-ethyl adjacent to an activating group) is 1. The lowest BCUT2D eigenvalue weighted by Gasteiger charge is -2.17. The first-order valence-corrected chi connectivity index (χ1v) is 5.72. The zero-order valence-electron chi connectivity index (χ0n) is 10.6. The smallest absolute Gasteiger partial charge is 0.222 e. The van der Waals surface area contributed by atoms with E-state index in [0.717, 1.165) is 23.2 Å². The summed E-state index contributed by atoms with van der Waals surface area (Å²) < 4.78 is 0. The number of nitrogens with zero attached hydrogens (tertiary/aromatic N) is 1. The molecule has 0 aromatic heterocycles. The van der Waals surface area contributed by atoms with Crippen molar-refractivity contribution < 1.29 is 4.79 Å². The number of hydrogen-bond acceptors (Lipinski definition) is 2. The van der Waals surface area contributed by atoms with Crippen LogP contribution in [-0.2, 0) is 11.2 Å². The molecule has 2 N–H and O–H groups in total. The molecule has 92 valence electrons. The van der Waals surface area contributed by atoms with E-state index in [1.165, 1.54) is 0 Å². The molecule has 1 rings (SSSR count). The largest absolute Gasteiger partial charge is 0.399 e. The van der Waals surface area contributed by atoms with Crippen LogP contribution in [0.5, 0.6) is 0 Å². The second kappa shape index (κ2) is 6.09. The molecule has 3 heteroatoms. The minimum atomic E-state index is 0.143. The molecular formula is C14H20N2O. The fourth-order valence-corrected chi connectivity index (χ4v) is 1.62. The van der Waals surface area contributed by atoms with Crippen molar-refractivity contribution >= 4 is 11.6 Å². The highest BCUT2D eigenvalue weighted by atomic mass is 16.2. The predicted octanol–water partition coefficient (Wildman–Crippen LogP) is 2.24. The van der Waals surface area contributed by atoms with Gasteiger partial charge in [-0.15, -0.1) is 0 Å². The summed E-state index contributed by atoms with van der Waals surface area (Å²) in [5.41, 5.74) is 8.48. The van der Waals surface area contributed by atoms with Crippen molar-refractivity contribution in [3.8, 4) is 0 Å². The van der Waals surface area contributed by atoms with Gasteiger partial charge in [0, 0.05) is 25.7 Å². The molecule has 0 aliphatic carbocycles. The van der Waals surface area contributed by atoms with Gasteiger partial charge in [-0.1, -0.05) is 24.3 Å². The van der Waals surface area contributed by atoms with Crippen molar-refractivity contribution in [2.45, 2.75) is 19.8 Å². The number of nitrogen functional groups attached to an aromatic ring is 1. The second-order valence-corrected chi connectivity index (χ2v) is 4.45. The minimum Gasteiger partial charge on any atom is -0.399 e. The van der Waals surface area contributed by atoms with Gasteiger partial charge >= 0.3 is 0 Å². The molecule has 0 aliphatic rings. The highest BCUT2D eigenvalue weighted by Gasteiger charge is 2.08. The van der Waals surface area contributed by atoms with E-state index in [1.807, 2.05) is 31.2 Å². The Balaban J connectivity index is 2.42. The van der Waals surface area contributed by atoms with E-state index in [2.05, 4.69) is 6.58 Å². The lowest BCUT2D eigenvalue weighted by Crippen LogP contribution is -2.28. The molecule has 0 spiro atoms. The summed E-state index contributed by atoms with van der Waals surface area (Å²) in [5, 5.41) is 0. The summed E-state index contributed by atoms with van der Waals surface area (Å²) in [5.74, 6) is 0.143. The molecule has 0 saturated heterocycles. The van der Waals surface area contributed by atoms with Crippen molar-refractivity contribution in [1.82, 2.24) is 4.90 Å². The normalized spacial score (nSPS) is 10.0. The zero-order chi connectivity index (χ0) is 12.8. The first kappa shape index (κ1) is 13.3. The zero-order valence-corrected chi connectivity index (χ0v) is 10.6. The summed E-state index contributed by atoms with van der Waals surface area (Å²) in [4.78, 5) is 13.5. The van der Waals surface area contributed by atoms with Crippen LogP contribution in [0.4, 0.5) is 5.69 Å². The number of rotatable bonds is 5. The van der Waals surface area contributed by atoms with Crippen LogP contribution >= 0.6 is 0 Å². The van der Waals surface area contributed by atoms with Crippen LogP contribution < -0.4 is 5.73 Å². The summed E-state index contributed by atoms with van der Waals surface area (Å²) in [7, 11) is 1.81. The molecule has 1 aromatic carbocycles. The van der Waals surface area contributed by atoms with Crippen LogP contribution in [0, 0.1) is 0 Å². The Hall–Kier alpha value is -1.77.